The summed E-state index contributed by atoms with van der Waals surface area (Å²) in [5, 5.41) is 14.0. The summed E-state index contributed by atoms with van der Waals surface area (Å²) in [7, 11) is 0. The Morgan fingerprint density at radius 3 is 2.54 bits per heavy atom. The topological polar surface area (TPSA) is 93.4 Å². The number of pyridine rings is 2. The van der Waals surface area contributed by atoms with Crippen LogP contribution in [0.1, 0.15) is 0 Å². The van der Waals surface area contributed by atoms with Gasteiger partial charge in [0.25, 0.3) is 0 Å². The van der Waals surface area contributed by atoms with E-state index >= 15 is 0 Å². The zero-order valence-electron chi connectivity index (χ0n) is 13.5. The first-order chi connectivity index (χ1) is 12.9. The van der Waals surface area contributed by atoms with Crippen LogP contribution >= 0.6 is 0 Å². The molecule has 0 bridgehead atoms. The number of fused-ring (bicyclic) bond motifs is 1. The first-order valence-electron chi connectivity index (χ1n) is 8.02. The number of benzene rings is 1. The van der Waals surface area contributed by atoms with Crippen molar-refractivity contribution < 1.29 is 4.42 Å². The minimum absolute atomic E-state index is 0.557. The standard InChI is InChI=1S/C19H12N6O/c1-2-14(11-20-8-1)15-7-9-21-16-10-17(26-18(15)16)12-3-5-13(6-4-12)19-22-24-25-23-19/h1-11H,(H,22,23,24,25). The van der Waals surface area contributed by atoms with Crippen LogP contribution in [0.25, 0.3) is 44.9 Å². The SMILES string of the molecule is c1cncc(-c2ccnc3cc(-c4ccc(-c5nn[nH]n5)cc4)oc23)c1. The molecule has 4 heterocycles. The molecule has 1 N–H and O–H groups in total. The van der Waals surface area contributed by atoms with Gasteiger partial charge in [0.15, 0.2) is 5.58 Å². The molecule has 7 heteroatoms. The number of nitrogens with zero attached hydrogens (tertiary/aromatic N) is 5. The van der Waals surface area contributed by atoms with Gasteiger partial charge in [0.2, 0.25) is 5.82 Å². The van der Waals surface area contributed by atoms with E-state index < -0.39 is 0 Å². The van der Waals surface area contributed by atoms with E-state index in [-0.39, 0.29) is 0 Å². The van der Waals surface area contributed by atoms with Crippen molar-refractivity contribution in [1.82, 2.24) is 30.6 Å². The van der Waals surface area contributed by atoms with Crippen LogP contribution in [0.3, 0.4) is 0 Å². The van der Waals surface area contributed by atoms with Gasteiger partial charge in [-0.2, -0.15) is 5.21 Å². The molecule has 1 aromatic carbocycles. The summed E-state index contributed by atoms with van der Waals surface area (Å²) in [4.78, 5) is 8.61. The highest BCUT2D eigenvalue weighted by Gasteiger charge is 2.13. The number of aromatic nitrogens is 6. The average Bonchev–Trinajstić information content (AvgIpc) is 3.38. The summed E-state index contributed by atoms with van der Waals surface area (Å²) in [5.74, 6) is 1.31. The Balaban J connectivity index is 1.58. The first-order valence-corrected chi connectivity index (χ1v) is 8.02. The van der Waals surface area contributed by atoms with Crippen LogP contribution < -0.4 is 0 Å². The molecule has 0 atom stereocenters. The first kappa shape index (κ1) is 14.5. The second kappa shape index (κ2) is 5.89. The van der Waals surface area contributed by atoms with Crippen LogP contribution in [0.5, 0.6) is 0 Å². The van der Waals surface area contributed by atoms with Gasteiger partial charge >= 0.3 is 0 Å². The van der Waals surface area contributed by atoms with Crippen molar-refractivity contribution in [3.63, 3.8) is 0 Å². The third kappa shape index (κ3) is 2.42. The van der Waals surface area contributed by atoms with Crippen molar-refractivity contribution in [2.24, 2.45) is 0 Å². The quantitative estimate of drug-likeness (QED) is 0.538. The lowest BCUT2D eigenvalue weighted by molar-refractivity contribution is 0.632. The van der Waals surface area contributed by atoms with Crippen molar-refractivity contribution in [3.8, 4) is 33.8 Å². The number of hydrogen-bond acceptors (Lipinski definition) is 6. The number of furan rings is 1. The summed E-state index contributed by atoms with van der Waals surface area (Å²) in [6.07, 6.45) is 5.35. The summed E-state index contributed by atoms with van der Waals surface area (Å²) in [6.45, 7) is 0. The Morgan fingerprint density at radius 1 is 0.885 bits per heavy atom. The molecular formula is C19H12N6O. The minimum atomic E-state index is 0.557. The van der Waals surface area contributed by atoms with Crippen molar-refractivity contribution in [2.75, 3.05) is 0 Å². The molecule has 0 saturated carbocycles. The molecule has 0 amide bonds. The molecule has 0 aliphatic heterocycles. The van der Waals surface area contributed by atoms with Crippen LogP contribution in [-0.4, -0.2) is 30.6 Å². The molecule has 0 saturated heterocycles. The highest BCUT2D eigenvalue weighted by Crippen LogP contribution is 2.33. The number of H-pyrrole nitrogens is 1. The molecule has 4 aromatic heterocycles. The normalized spacial score (nSPS) is 11.1. The Labute approximate surface area is 147 Å². The maximum absolute atomic E-state index is 6.13. The lowest BCUT2D eigenvalue weighted by atomic mass is 10.1. The number of aromatic amines is 1. The second-order valence-corrected chi connectivity index (χ2v) is 5.74. The van der Waals surface area contributed by atoms with E-state index in [0.29, 0.717) is 5.82 Å². The van der Waals surface area contributed by atoms with E-state index in [4.69, 9.17) is 4.42 Å². The number of hydrogen-bond donors (Lipinski definition) is 1. The fourth-order valence-corrected chi connectivity index (χ4v) is 2.90. The predicted molar refractivity (Wildman–Crippen MR) is 95.8 cm³/mol. The lowest BCUT2D eigenvalue weighted by Gasteiger charge is -2.01. The summed E-state index contributed by atoms with van der Waals surface area (Å²) in [5.41, 5.74) is 5.35. The molecule has 0 unspecified atom stereocenters. The minimum Gasteiger partial charge on any atom is -0.454 e. The van der Waals surface area contributed by atoms with Gasteiger partial charge in [-0.15, -0.1) is 10.2 Å². The van der Waals surface area contributed by atoms with Crippen LogP contribution in [0, 0.1) is 0 Å². The van der Waals surface area contributed by atoms with Gasteiger partial charge in [0.05, 0.1) is 0 Å². The van der Waals surface area contributed by atoms with Gasteiger partial charge in [0, 0.05) is 46.9 Å². The summed E-state index contributed by atoms with van der Waals surface area (Å²) in [6, 6.07) is 15.6. The molecule has 0 spiro atoms. The van der Waals surface area contributed by atoms with Crippen molar-refractivity contribution >= 4 is 11.1 Å². The Kier molecular flexibility index (Phi) is 3.28. The Morgan fingerprint density at radius 2 is 1.77 bits per heavy atom. The zero-order valence-corrected chi connectivity index (χ0v) is 13.5. The second-order valence-electron chi connectivity index (χ2n) is 5.74. The van der Waals surface area contributed by atoms with Crippen LogP contribution in [0.15, 0.2) is 71.5 Å². The van der Waals surface area contributed by atoms with Gasteiger partial charge in [0.1, 0.15) is 11.3 Å². The predicted octanol–water partition coefficient (Wildman–Crippen LogP) is 3.74. The number of rotatable bonds is 3. The van der Waals surface area contributed by atoms with Gasteiger partial charge < -0.3 is 4.42 Å². The van der Waals surface area contributed by atoms with Crippen molar-refractivity contribution in [1.29, 1.82) is 0 Å². The Hall–Kier alpha value is -3.87. The molecule has 0 fully saturated rings. The number of tetrazole rings is 1. The van der Waals surface area contributed by atoms with E-state index in [2.05, 4.69) is 30.6 Å². The van der Waals surface area contributed by atoms with E-state index in [1.807, 2.05) is 54.7 Å². The fourth-order valence-electron chi connectivity index (χ4n) is 2.90. The molecular weight excluding hydrogens is 328 g/mol. The maximum Gasteiger partial charge on any atom is 0.204 e. The highest BCUT2D eigenvalue weighted by atomic mass is 16.3. The van der Waals surface area contributed by atoms with E-state index in [1.165, 1.54) is 0 Å². The average molecular weight is 340 g/mol. The van der Waals surface area contributed by atoms with Crippen molar-refractivity contribution in [2.45, 2.75) is 0 Å². The van der Waals surface area contributed by atoms with E-state index in [1.54, 1.807) is 12.4 Å². The van der Waals surface area contributed by atoms with Gasteiger partial charge in [-0.25, -0.2) is 0 Å². The molecule has 0 aliphatic carbocycles. The monoisotopic (exact) mass is 340 g/mol. The Bertz CT molecular complexity index is 1160. The number of nitrogens with one attached hydrogen (secondary N) is 1. The molecule has 5 rings (SSSR count). The van der Waals surface area contributed by atoms with Gasteiger partial charge in [-0.3, -0.25) is 9.97 Å². The van der Waals surface area contributed by atoms with Gasteiger partial charge in [-0.1, -0.05) is 30.3 Å². The summed E-state index contributed by atoms with van der Waals surface area (Å²) >= 11 is 0. The van der Waals surface area contributed by atoms with E-state index in [9.17, 15) is 0 Å². The summed E-state index contributed by atoms with van der Waals surface area (Å²) < 4.78 is 6.13. The highest BCUT2D eigenvalue weighted by molar-refractivity contribution is 5.92. The van der Waals surface area contributed by atoms with Crippen LogP contribution in [-0.2, 0) is 0 Å². The third-order valence-corrected chi connectivity index (χ3v) is 4.16. The molecule has 7 nitrogen and oxygen atoms in total. The molecule has 0 aliphatic rings. The fraction of sp³-hybridized carbons (Fsp3) is 0. The van der Waals surface area contributed by atoms with Crippen LogP contribution in [0.2, 0.25) is 0 Å². The molecule has 124 valence electrons. The smallest absolute Gasteiger partial charge is 0.204 e. The lowest BCUT2D eigenvalue weighted by Crippen LogP contribution is -1.81. The largest absolute Gasteiger partial charge is 0.454 e. The molecule has 5 aromatic rings. The molecule has 26 heavy (non-hydrogen) atoms. The molecule has 0 radical (unpaired) electrons. The van der Waals surface area contributed by atoms with Crippen molar-refractivity contribution in [3.05, 3.63) is 67.1 Å². The maximum atomic E-state index is 6.13. The van der Waals surface area contributed by atoms with E-state index in [0.717, 1.165) is 39.1 Å². The van der Waals surface area contributed by atoms with Gasteiger partial charge in [-0.05, 0) is 17.3 Å². The third-order valence-electron chi connectivity index (χ3n) is 4.16. The zero-order chi connectivity index (χ0) is 17.3. The van der Waals surface area contributed by atoms with Crippen LogP contribution in [0.4, 0.5) is 0 Å².